The molecule has 132 valence electrons. The number of hydrogen-bond acceptors (Lipinski definition) is 3. The highest BCUT2D eigenvalue weighted by Crippen LogP contribution is 2.18. The first-order chi connectivity index (χ1) is 11.4. The Morgan fingerprint density at radius 3 is 2.71 bits per heavy atom. The van der Waals surface area contributed by atoms with Crippen molar-refractivity contribution in [2.24, 2.45) is 0 Å². The minimum atomic E-state index is -0.221. The summed E-state index contributed by atoms with van der Waals surface area (Å²) in [7, 11) is 0. The van der Waals surface area contributed by atoms with E-state index in [4.69, 9.17) is 0 Å². The zero-order chi connectivity index (χ0) is 17.7. The summed E-state index contributed by atoms with van der Waals surface area (Å²) in [5.41, 5.74) is 2.13. The molecule has 0 saturated carbocycles. The van der Waals surface area contributed by atoms with Crippen LogP contribution in [0.5, 0.6) is 0 Å². The maximum absolute atomic E-state index is 12.3. The van der Waals surface area contributed by atoms with Gasteiger partial charge in [-0.15, -0.1) is 0 Å². The Hall–Kier alpha value is -2.08. The molecule has 1 heterocycles. The Balaban J connectivity index is 1.96. The monoisotopic (exact) mass is 332 g/mol. The van der Waals surface area contributed by atoms with Crippen LogP contribution in [0.4, 0.5) is 10.5 Å². The average molecular weight is 332 g/mol. The van der Waals surface area contributed by atoms with Gasteiger partial charge in [-0.3, -0.25) is 9.69 Å². The van der Waals surface area contributed by atoms with Crippen LogP contribution in [0.1, 0.15) is 43.1 Å². The van der Waals surface area contributed by atoms with Gasteiger partial charge >= 0.3 is 6.03 Å². The van der Waals surface area contributed by atoms with E-state index in [1.807, 2.05) is 19.9 Å². The zero-order valence-corrected chi connectivity index (χ0v) is 15.0. The van der Waals surface area contributed by atoms with Crippen molar-refractivity contribution < 1.29 is 9.59 Å². The van der Waals surface area contributed by atoms with Gasteiger partial charge in [-0.25, -0.2) is 4.79 Å². The standard InChI is InChI=1S/C18H28N4O2/c1-5-19-17(23)14-7-6-13(4)16(10-14)21-18(24)20-15-8-9-22(11-15)12(2)3/h6-7,10,12,15H,5,8-9,11H2,1-4H3,(H,19,23)(H2,20,21,24). The smallest absolute Gasteiger partial charge is 0.319 e. The molecule has 1 aliphatic heterocycles. The van der Waals surface area contributed by atoms with E-state index in [0.29, 0.717) is 23.8 Å². The van der Waals surface area contributed by atoms with Crippen LogP contribution < -0.4 is 16.0 Å². The summed E-state index contributed by atoms with van der Waals surface area (Å²) in [5, 5.41) is 8.65. The summed E-state index contributed by atoms with van der Waals surface area (Å²) in [6, 6.07) is 5.77. The number of urea groups is 1. The lowest BCUT2D eigenvalue weighted by atomic mass is 10.1. The molecule has 0 aromatic heterocycles. The Morgan fingerprint density at radius 2 is 2.08 bits per heavy atom. The van der Waals surface area contributed by atoms with Gasteiger partial charge in [0.2, 0.25) is 0 Å². The van der Waals surface area contributed by atoms with Gasteiger partial charge in [0, 0.05) is 43.0 Å². The van der Waals surface area contributed by atoms with E-state index in [-0.39, 0.29) is 18.0 Å². The predicted molar refractivity (Wildman–Crippen MR) is 96.5 cm³/mol. The Labute approximate surface area is 144 Å². The Morgan fingerprint density at radius 1 is 1.33 bits per heavy atom. The molecular weight excluding hydrogens is 304 g/mol. The summed E-state index contributed by atoms with van der Waals surface area (Å²) in [6.45, 7) is 10.6. The molecule has 1 fully saturated rings. The summed E-state index contributed by atoms with van der Waals surface area (Å²) in [6.07, 6.45) is 0.962. The van der Waals surface area contributed by atoms with Crippen LogP contribution >= 0.6 is 0 Å². The van der Waals surface area contributed by atoms with Crippen LogP contribution in [0, 0.1) is 6.92 Å². The van der Waals surface area contributed by atoms with E-state index in [1.54, 1.807) is 12.1 Å². The van der Waals surface area contributed by atoms with Crippen LogP contribution in [-0.4, -0.2) is 48.6 Å². The van der Waals surface area contributed by atoms with Crippen molar-refractivity contribution in [3.63, 3.8) is 0 Å². The highest BCUT2D eigenvalue weighted by Gasteiger charge is 2.25. The highest BCUT2D eigenvalue weighted by molar-refractivity contribution is 5.97. The molecule has 24 heavy (non-hydrogen) atoms. The number of aryl methyl sites for hydroxylation is 1. The van der Waals surface area contributed by atoms with Crippen LogP contribution in [0.15, 0.2) is 18.2 Å². The van der Waals surface area contributed by atoms with Crippen LogP contribution in [-0.2, 0) is 0 Å². The van der Waals surface area contributed by atoms with Crippen molar-refractivity contribution in [1.82, 2.24) is 15.5 Å². The second-order valence-electron chi connectivity index (χ2n) is 6.56. The molecule has 1 aromatic carbocycles. The molecule has 1 saturated heterocycles. The van der Waals surface area contributed by atoms with E-state index in [9.17, 15) is 9.59 Å². The van der Waals surface area contributed by atoms with Crippen molar-refractivity contribution in [3.8, 4) is 0 Å². The van der Waals surface area contributed by atoms with Crippen molar-refractivity contribution in [2.45, 2.75) is 46.2 Å². The quantitative estimate of drug-likeness (QED) is 0.775. The summed E-state index contributed by atoms with van der Waals surface area (Å²) in [5.74, 6) is -0.135. The number of benzene rings is 1. The summed E-state index contributed by atoms with van der Waals surface area (Å²) in [4.78, 5) is 26.5. The van der Waals surface area contributed by atoms with Crippen molar-refractivity contribution in [2.75, 3.05) is 25.0 Å². The molecule has 1 aliphatic rings. The minimum Gasteiger partial charge on any atom is -0.352 e. The van der Waals surface area contributed by atoms with Gasteiger partial charge in [-0.2, -0.15) is 0 Å². The Kier molecular flexibility index (Phi) is 6.20. The molecule has 3 N–H and O–H groups in total. The Bertz CT molecular complexity index is 601. The fourth-order valence-corrected chi connectivity index (χ4v) is 2.88. The molecule has 6 nitrogen and oxygen atoms in total. The first-order valence-corrected chi connectivity index (χ1v) is 8.61. The molecule has 3 amide bonds. The van der Waals surface area contributed by atoms with Gasteiger partial charge in [0.25, 0.3) is 5.91 Å². The minimum absolute atomic E-state index is 0.135. The summed E-state index contributed by atoms with van der Waals surface area (Å²) >= 11 is 0. The number of amides is 3. The van der Waals surface area contributed by atoms with Gasteiger partial charge in [0.05, 0.1) is 0 Å². The number of hydrogen-bond donors (Lipinski definition) is 3. The maximum atomic E-state index is 12.3. The van der Waals surface area contributed by atoms with Crippen molar-refractivity contribution in [3.05, 3.63) is 29.3 Å². The number of carbonyl (C=O) groups excluding carboxylic acids is 2. The fourth-order valence-electron chi connectivity index (χ4n) is 2.88. The molecule has 2 rings (SSSR count). The van der Waals surface area contributed by atoms with Crippen LogP contribution in [0.25, 0.3) is 0 Å². The lowest BCUT2D eigenvalue weighted by molar-refractivity contribution is 0.0956. The second-order valence-corrected chi connectivity index (χ2v) is 6.56. The van der Waals surface area contributed by atoms with Crippen molar-refractivity contribution >= 4 is 17.6 Å². The van der Waals surface area contributed by atoms with Gasteiger partial charge in [-0.05, 0) is 51.8 Å². The lowest BCUT2D eigenvalue weighted by Crippen LogP contribution is -2.40. The zero-order valence-electron chi connectivity index (χ0n) is 15.0. The first kappa shape index (κ1) is 18.3. The fraction of sp³-hybridized carbons (Fsp3) is 0.556. The molecule has 0 radical (unpaired) electrons. The normalized spacial score (nSPS) is 17.8. The van der Waals surface area contributed by atoms with Gasteiger partial charge < -0.3 is 16.0 Å². The number of likely N-dealkylation sites (tertiary alicyclic amines) is 1. The topological polar surface area (TPSA) is 73.5 Å². The van der Waals surface area contributed by atoms with E-state index >= 15 is 0 Å². The molecule has 1 aromatic rings. The molecule has 1 unspecified atom stereocenters. The predicted octanol–water partition coefficient (Wildman–Crippen LogP) is 2.35. The first-order valence-electron chi connectivity index (χ1n) is 8.61. The lowest BCUT2D eigenvalue weighted by Gasteiger charge is -2.20. The average Bonchev–Trinajstić information content (AvgIpc) is 2.98. The third-order valence-electron chi connectivity index (χ3n) is 4.37. The maximum Gasteiger partial charge on any atom is 0.319 e. The molecular formula is C18H28N4O2. The molecule has 6 heteroatoms. The van der Waals surface area contributed by atoms with E-state index in [1.165, 1.54) is 0 Å². The highest BCUT2D eigenvalue weighted by atomic mass is 16.2. The van der Waals surface area contributed by atoms with E-state index in [2.05, 4.69) is 34.7 Å². The number of nitrogens with zero attached hydrogens (tertiary/aromatic N) is 1. The molecule has 1 atom stereocenters. The molecule has 0 spiro atoms. The molecule has 0 aliphatic carbocycles. The third kappa shape index (κ3) is 4.71. The van der Waals surface area contributed by atoms with Gasteiger partial charge in [0.1, 0.15) is 0 Å². The number of anilines is 1. The van der Waals surface area contributed by atoms with Gasteiger partial charge in [0.15, 0.2) is 0 Å². The van der Waals surface area contributed by atoms with Crippen LogP contribution in [0.3, 0.4) is 0 Å². The van der Waals surface area contributed by atoms with Crippen molar-refractivity contribution in [1.29, 1.82) is 0 Å². The second kappa shape index (κ2) is 8.15. The number of rotatable bonds is 5. The summed E-state index contributed by atoms with van der Waals surface area (Å²) < 4.78 is 0. The van der Waals surface area contributed by atoms with Crippen LogP contribution in [0.2, 0.25) is 0 Å². The SMILES string of the molecule is CCNC(=O)c1ccc(C)c(NC(=O)NC2CCN(C(C)C)C2)c1. The third-order valence-corrected chi connectivity index (χ3v) is 4.37. The molecule has 0 bridgehead atoms. The van der Waals surface area contributed by atoms with E-state index < -0.39 is 0 Å². The van der Waals surface area contributed by atoms with Gasteiger partial charge in [-0.1, -0.05) is 6.07 Å². The number of carbonyl (C=O) groups is 2. The van der Waals surface area contributed by atoms with E-state index in [0.717, 1.165) is 25.1 Å². The largest absolute Gasteiger partial charge is 0.352 e. The number of nitrogens with one attached hydrogen (secondary N) is 3.